The summed E-state index contributed by atoms with van der Waals surface area (Å²) < 4.78 is 6.62. The van der Waals surface area contributed by atoms with Crippen LogP contribution in [0.1, 0.15) is 50.8 Å². The third-order valence-electron chi connectivity index (χ3n) is 6.13. The molecule has 2 aromatic rings. The molecule has 1 atom stereocenters. The lowest BCUT2D eigenvalue weighted by atomic mass is 9.95. The zero-order chi connectivity index (χ0) is 24.7. The number of likely N-dealkylation sites (tertiary alicyclic amines) is 1. The number of unbranched alkanes of at least 4 members (excludes halogenated alkanes) is 1. The predicted octanol–water partition coefficient (Wildman–Crippen LogP) is 5.39. The summed E-state index contributed by atoms with van der Waals surface area (Å²) in [5, 5.41) is 11.3. The van der Waals surface area contributed by atoms with Crippen LogP contribution >= 0.6 is 15.9 Å². The SMILES string of the molecule is CCCCOc1cccc(/C(O)=C2\C(=O)C(=O)N(CCN(CC)CC)C2c2cccc(Br)c2)c1. The number of rotatable bonds is 11. The number of carbonyl (C=O) groups is 2. The van der Waals surface area contributed by atoms with Gasteiger partial charge in [-0.3, -0.25) is 9.59 Å². The van der Waals surface area contributed by atoms with E-state index in [-0.39, 0.29) is 11.3 Å². The molecule has 1 amide bonds. The number of aliphatic hydroxyl groups excluding tert-OH is 1. The van der Waals surface area contributed by atoms with Crippen LogP contribution in [-0.4, -0.2) is 59.4 Å². The Morgan fingerprint density at radius 1 is 1.09 bits per heavy atom. The molecule has 0 spiro atoms. The first-order valence-corrected chi connectivity index (χ1v) is 12.7. The highest BCUT2D eigenvalue weighted by Gasteiger charge is 2.46. The molecule has 0 aliphatic carbocycles. The zero-order valence-electron chi connectivity index (χ0n) is 20.1. The van der Waals surface area contributed by atoms with E-state index in [1.807, 2.05) is 30.3 Å². The maximum absolute atomic E-state index is 13.2. The van der Waals surface area contributed by atoms with Gasteiger partial charge in [0, 0.05) is 23.1 Å². The number of nitrogens with zero attached hydrogens (tertiary/aromatic N) is 2. The highest BCUT2D eigenvalue weighted by molar-refractivity contribution is 9.10. The van der Waals surface area contributed by atoms with Crippen LogP contribution < -0.4 is 4.74 Å². The van der Waals surface area contributed by atoms with Crippen LogP contribution in [0.15, 0.2) is 58.6 Å². The lowest BCUT2D eigenvalue weighted by Crippen LogP contribution is -2.38. The summed E-state index contributed by atoms with van der Waals surface area (Å²) in [7, 11) is 0. The van der Waals surface area contributed by atoms with Crippen molar-refractivity contribution in [2.24, 2.45) is 0 Å². The number of ether oxygens (including phenoxy) is 1. The van der Waals surface area contributed by atoms with Crippen molar-refractivity contribution in [2.75, 3.05) is 32.8 Å². The standard InChI is InChI=1S/C27H33BrN2O4/c1-4-7-16-34-22-13-9-11-20(18-22)25(31)23-24(19-10-8-12-21(28)17-19)30(27(33)26(23)32)15-14-29(5-2)6-3/h8-13,17-18,24,31H,4-7,14-16H2,1-3H3/b25-23+. The fraction of sp³-hybridized carbons (Fsp3) is 0.407. The Bertz CT molecular complexity index is 1050. The average Bonchev–Trinajstić information content (AvgIpc) is 3.09. The molecule has 0 aromatic heterocycles. The van der Waals surface area contributed by atoms with Gasteiger partial charge in [-0.05, 0) is 49.3 Å². The van der Waals surface area contributed by atoms with Crippen LogP contribution in [0.25, 0.3) is 5.76 Å². The van der Waals surface area contributed by atoms with Gasteiger partial charge in [0.25, 0.3) is 11.7 Å². The molecule has 3 rings (SSSR count). The molecule has 0 saturated carbocycles. The number of ketones is 1. The molecule has 1 N–H and O–H groups in total. The second-order valence-electron chi connectivity index (χ2n) is 8.30. The first kappa shape index (κ1) is 26.0. The Balaban J connectivity index is 2.04. The lowest BCUT2D eigenvalue weighted by molar-refractivity contribution is -0.140. The van der Waals surface area contributed by atoms with E-state index >= 15 is 0 Å². The molecule has 1 aliphatic rings. The van der Waals surface area contributed by atoms with Crippen LogP contribution in [0.3, 0.4) is 0 Å². The van der Waals surface area contributed by atoms with Crippen LogP contribution in [0.2, 0.25) is 0 Å². The lowest BCUT2D eigenvalue weighted by Gasteiger charge is -2.28. The number of halogens is 1. The summed E-state index contributed by atoms with van der Waals surface area (Å²) in [6, 6.07) is 13.9. The van der Waals surface area contributed by atoms with Crippen molar-refractivity contribution in [1.29, 1.82) is 0 Å². The van der Waals surface area contributed by atoms with Crippen LogP contribution in [0, 0.1) is 0 Å². The third kappa shape index (κ3) is 5.88. The van der Waals surface area contributed by atoms with Crippen LogP contribution in [0.4, 0.5) is 0 Å². The second-order valence-corrected chi connectivity index (χ2v) is 9.22. The summed E-state index contributed by atoms with van der Waals surface area (Å²) in [5.41, 5.74) is 1.33. The van der Waals surface area contributed by atoms with Crippen LogP contribution in [-0.2, 0) is 9.59 Å². The van der Waals surface area contributed by atoms with Crippen molar-refractivity contribution in [3.05, 3.63) is 69.7 Å². The minimum Gasteiger partial charge on any atom is -0.507 e. The molecular formula is C27H33BrN2O4. The van der Waals surface area contributed by atoms with E-state index in [1.165, 1.54) is 0 Å². The van der Waals surface area contributed by atoms with Gasteiger partial charge in [0.15, 0.2) is 0 Å². The van der Waals surface area contributed by atoms with Gasteiger partial charge >= 0.3 is 0 Å². The number of benzene rings is 2. The largest absolute Gasteiger partial charge is 0.507 e. The molecule has 0 radical (unpaired) electrons. The van der Waals surface area contributed by atoms with E-state index in [4.69, 9.17) is 4.74 Å². The Morgan fingerprint density at radius 3 is 2.50 bits per heavy atom. The van der Waals surface area contributed by atoms with E-state index < -0.39 is 17.7 Å². The van der Waals surface area contributed by atoms with Gasteiger partial charge in [-0.25, -0.2) is 0 Å². The molecule has 7 heteroatoms. The first-order chi connectivity index (χ1) is 16.4. The Kier molecular flexibility index (Phi) is 9.30. The molecular weight excluding hydrogens is 496 g/mol. The molecule has 182 valence electrons. The highest BCUT2D eigenvalue weighted by atomic mass is 79.9. The van der Waals surface area contributed by atoms with Crippen LogP contribution in [0.5, 0.6) is 5.75 Å². The van der Waals surface area contributed by atoms with Gasteiger partial charge in [0.2, 0.25) is 0 Å². The van der Waals surface area contributed by atoms with E-state index in [1.54, 1.807) is 23.1 Å². The van der Waals surface area contributed by atoms with Gasteiger partial charge in [-0.2, -0.15) is 0 Å². The molecule has 1 saturated heterocycles. The number of aliphatic hydroxyl groups is 1. The average molecular weight is 529 g/mol. The Hall–Kier alpha value is -2.64. The molecule has 2 aromatic carbocycles. The first-order valence-electron chi connectivity index (χ1n) is 11.9. The quantitative estimate of drug-likeness (QED) is 0.183. The minimum absolute atomic E-state index is 0.105. The van der Waals surface area contributed by atoms with Gasteiger partial charge in [-0.15, -0.1) is 0 Å². The number of hydrogen-bond acceptors (Lipinski definition) is 5. The maximum Gasteiger partial charge on any atom is 0.295 e. The monoisotopic (exact) mass is 528 g/mol. The molecule has 0 bridgehead atoms. The van der Waals surface area contributed by atoms with Crippen molar-refractivity contribution >= 4 is 33.4 Å². The molecule has 1 unspecified atom stereocenters. The minimum atomic E-state index is -0.669. The molecule has 1 fully saturated rings. The van der Waals surface area contributed by atoms with Crippen molar-refractivity contribution in [3.8, 4) is 5.75 Å². The van der Waals surface area contributed by atoms with Gasteiger partial charge in [0.05, 0.1) is 18.2 Å². The number of carbonyl (C=O) groups excluding carboxylic acids is 2. The van der Waals surface area contributed by atoms with Crippen molar-refractivity contribution < 1.29 is 19.4 Å². The summed E-state index contributed by atoms with van der Waals surface area (Å²) in [6.07, 6.45) is 1.94. The number of likely N-dealkylation sites (N-methyl/N-ethyl adjacent to an activating group) is 1. The number of Topliss-reactive ketones (excluding diaryl/α,β-unsaturated/α-hetero) is 1. The van der Waals surface area contributed by atoms with Gasteiger partial charge < -0.3 is 19.6 Å². The fourth-order valence-corrected chi connectivity index (χ4v) is 4.56. The molecule has 6 nitrogen and oxygen atoms in total. The van der Waals surface area contributed by atoms with Crippen molar-refractivity contribution in [2.45, 2.75) is 39.7 Å². The van der Waals surface area contributed by atoms with Crippen molar-refractivity contribution in [3.63, 3.8) is 0 Å². The number of amides is 1. The summed E-state index contributed by atoms with van der Waals surface area (Å²) in [6.45, 7) is 9.55. The third-order valence-corrected chi connectivity index (χ3v) is 6.62. The topological polar surface area (TPSA) is 70.1 Å². The van der Waals surface area contributed by atoms with E-state index in [9.17, 15) is 14.7 Å². The fourth-order valence-electron chi connectivity index (χ4n) is 4.15. The Labute approximate surface area is 210 Å². The van der Waals surface area contributed by atoms with E-state index in [0.29, 0.717) is 31.0 Å². The zero-order valence-corrected chi connectivity index (χ0v) is 21.7. The normalized spacial score (nSPS) is 17.6. The summed E-state index contributed by atoms with van der Waals surface area (Å²) in [4.78, 5) is 30.1. The molecule has 1 heterocycles. The van der Waals surface area contributed by atoms with Crippen molar-refractivity contribution in [1.82, 2.24) is 9.80 Å². The second kappa shape index (κ2) is 12.2. The highest BCUT2D eigenvalue weighted by Crippen LogP contribution is 2.40. The molecule has 1 aliphatic heterocycles. The maximum atomic E-state index is 13.2. The summed E-state index contributed by atoms with van der Waals surface area (Å²) in [5.74, 6) is -0.824. The van der Waals surface area contributed by atoms with Gasteiger partial charge in [0.1, 0.15) is 11.5 Å². The smallest absolute Gasteiger partial charge is 0.295 e. The van der Waals surface area contributed by atoms with E-state index in [2.05, 4.69) is 41.6 Å². The number of hydrogen-bond donors (Lipinski definition) is 1. The summed E-state index contributed by atoms with van der Waals surface area (Å²) >= 11 is 3.49. The van der Waals surface area contributed by atoms with E-state index in [0.717, 1.165) is 36.0 Å². The Morgan fingerprint density at radius 2 is 1.82 bits per heavy atom. The predicted molar refractivity (Wildman–Crippen MR) is 138 cm³/mol. The van der Waals surface area contributed by atoms with Gasteiger partial charge in [-0.1, -0.05) is 67.4 Å². The molecule has 34 heavy (non-hydrogen) atoms.